The van der Waals surface area contributed by atoms with Crippen LogP contribution in [0.15, 0.2) is 23.4 Å². The van der Waals surface area contributed by atoms with Crippen molar-refractivity contribution in [1.82, 2.24) is 0 Å². The van der Waals surface area contributed by atoms with Crippen molar-refractivity contribution in [2.24, 2.45) is 5.16 Å². The van der Waals surface area contributed by atoms with Gasteiger partial charge in [-0.2, -0.15) is 0 Å². The molecule has 0 amide bonds. The lowest BCUT2D eigenvalue weighted by Crippen LogP contribution is -1.94. The number of nitrogens with zero attached hydrogens (tertiary/aromatic N) is 1. The van der Waals surface area contributed by atoms with E-state index >= 15 is 0 Å². The SMILES string of the molecule is CCOc1ccc(/C=N\O)c(F)c1. The highest BCUT2D eigenvalue weighted by Gasteiger charge is 2.01. The van der Waals surface area contributed by atoms with E-state index in [1.54, 1.807) is 6.07 Å². The van der Waals surface area contributed by atoms with E-state index in [0.29, 0.717) is 12.4 Å². The van der Waals surface area contributed by atoms with Crippen LogP contribution in [0.2, 0.25) is 0 Å². The third kappa shape index (κ3) is 2.43. The van der Waals surface area contributed by atoms with Crippen molar-refractivity contribution in [2.45, 2.75) is 6.92 Å². The Morgan fingerprint density at radius 1 is 1.62 bits per heavy atom. The van der Waals surface area contributed by atoms with Crippen LogP contribution in [-0.4, -0.2) is 18.0 Å². The topological polar surface area (TPSA) is 41.8 Å². The second kappa shape index (κ2) is 4.45. The Kier molecular flexibility index (Phi) is 3.25. The average Bonchev–Trinajstić information content (AvgIpc) is 2.10. The molecule has 3 nitrogen and oxygen atoms in total. The number of ether oxygens (including phenoxy) is 1. The molecule has 70 valence electrons. The first-order chi connectivity index (χ1) is 6.27. The van der Waals surface area contributed by atoms with Gasteiger partial charge in [-0.1, -0.05) is 5.16 Å². The third-order valence-corrected chi connectivity index (χ3v) is 1.48. The predicted molar refractivity (Wildman–Crippen MR) is 46.9 cm³/mol. The number of halogens is 1. The summed E-state index contributed by atoms with van der Waals surface area (Å²) in [5.74, 6) is -0.00107. The Morgan fingerprint density at radius 3 is 2.92 bits per heavy atom. The molecule has 1 aromatic rings. The summed E-state index contributed by atoms with van der Waals surface area (Å²) in [6.07, 6.45) is 1.03. The zero-order valence-electron chi connectivity index (χ0n) is 7.20. The van der Waals surface area contributed by atoms with E-state index in [4.69, 9.17) is 9.94 Å². The lowest BCUT2D eigenvalue weighted by Gasteiger charge is -2.03. The van der Waals surface area contributed by atoms with Crippen molar-refractivity contribution >= 4 is 6.21 Å². The number of benzene rings is 1. The van der Waals surface area contributed by atoms with Crippen molar-refractivity contribution in [3.63, 3.8) is 0 Å². The van der Waals surface area contributed by atoms with E-state index < -0.39 is 5.82 Å². The first kappa shape index (κ1) is 9.51. The van der Waals surface area contributed by atoms with E-state index in [1.807, 2.05) is 6.92 Å². The smallest absolute Gasteiger partial charge is 0.135 e. The Morgan fingerprint density at radius 2 is 2.38 bits per heavy atom. The second-order valence-electron chi connectivity index (χ2n) is 2.36. The second-order valence-corrected chi connectivity index (χ2v) is 2.36. The predicted octanol–water partition coefficient (Wildman–Crippen LogP) is 2.03. The van der Waals surface area contributed by atoms with Crippen molar-refractivity contribution in [3.05, 3.63) is 29.6 Å². The van der Waals surface area contributed by atoms with Crippen LogP contribution in [0.5, 0.6) is 5.75 Å². The van der Waals surface area contributed by atoms with Gasteiger partial charge >= 0.3 is 0 Å². The summed E-state index contributed by atoms with van der Waals surface area (Å²) in [6.45, 7) is 2.31. The van der Waals surface area contributed by atoms with Crippen molar-refractivity contribution in [2.75, 3.05) is 6.61 Å². The maximum absolute atomic E-state index is 13.1. The molecular formula is C9H10FNO2. The lowest BCUT2D eigenvalue weighted by atomic mass is 10.2. The highest BCUT2D eigenvalue weighted by molar-refractivity contribution is 5.79. The molecule has 0 unspecified atom stereocenters. The summed E-state index contributed by atoms with van der Waals surface area (Å²) < 4.78 is 18.2. The minimum atomic E-state index is -0.469. The van der Waals surface area contributed by atoms with Crippen LogP contribution < -0.4 is 4.74 Å². The zero-order chi connectivity index (χ0) is 9.68. The fourth-order valence-electron chi connectivity index (χ4n) is 0.931. The molecule has 0 fully saturated rings. The summed E-state index contributed by atoms with van der Waals surface area (Å²) in [5.41, 5.74) is 0.228. The Balaban J connectivity index is 2.91. The fraction of sp³-hybridized carbons (Fsp3) is 0.222. The number of oxime groups is 1. The normalized spacial score (nSPS) is 10.6. The average molecular weight is 183 g/mol. The first-order valence-corrected chi connectivity index (χ1v) is 3.87. The van der Waals surface area contributed by atoms with Crippen LogP contribution >= 0.6 is 0 Å². The largest absolute Gasteiger partial charge is 0.494 e. The lowest BCUT2D eigenvalue weighted by molar-refractivity contribution is 0.321. The Labute approximate surface area is 75.4 Å². The highest BCUT2D eigenvalue weighted by Crippen LogP contribution is 2.15. The van der Waals surface area contributed by atoms with Gasteiger partial charge in [0.05, 0.1) is 12.8 Å². The molecule has 1 rings (SSSR count). The number of hydrogen-bond donors (Lipinski definition) is 1. The quantitative estimate of drug-likeness (QED) is 0.442. The molecule has 0 aromatic heterocycles. The molecule has 0 spiro atoms. The molecule has 13 heavy (non-hydrogen) atoms. The van der Waals surface area contributed by atoms with Crippen molar-refractivity contribution < 1.29 is 14.3 Å². The van der Waals surface area contributed by atoms with Crippen LogP contribution in [0, 0.1) is 5.82 Å². The van der Waals surface area contributed by atoms with Gasteiger partial charge in [-0.05, 0) is 19.1 Å². The van der Waals surface area contributed by atoms with Crippen molar-refractivity contribution in [1.29, 1.82) is 0 Å². The Hall–Kier alpha value is -1.58. The van der Waals surface area contributed by atoms with Gasteiger partial charge in [0.1, 0.15) is 11.6 Å². The highest BCUT2D eigenvalue weighted by atomic mass is 19.1. The minimum Gasteiger partial charge on any atom is -0.494 e. The van der Waals surface area contributed by atoms with Gasteiger partial charge in [-0.25, -0.2) is 4.39 Å². The molecule has 0 heterocycles. The molecular weight excluding hydrogens is 173 g/mol. The first-order valence-electron chi connectivity index (χ1n) is 3.87. The minimum absolute atomic E-state index is 0.228. The molecule has 1 aromatic carbocycles. The molecule has 1 N–H and O–H groups in total. The van der Waals surface area contributed by atoms with Gasteiger partial charge in [-0.3, -0.25) is 0 Å². The third-order valence-electron chi connectivity index (χ3n) is 1.48. The van der Waals surface area contributed by atoms with E-state index in [2.05, 4.69) is 5.16 Å². The maximum Gasteiger partial charge on any atom is 0.135 e. The Bertz CT molecular complexity index is 312. The summed E-state index contributed by atoms with van der Waals surface area (Å²) >= 11 is 0. The molecule has 0 aliphatic heterocycles. The molecule has 0 radical (unpaired) electrons. The summed E-state index contributed by atoms with van der Waals surface area (Å²) in [5, 5.41) is 10.9. The van der Waals surface area contributed by atoms with Crippen LogP contribution in [0.4, 0.5) is 4.39 Å². The van der Waals surface area contributed by atoms with Crippen molar-refractivity contribution in [3.8, 4) is 5.75 Å². The number of rotatable bonds is 3. The van der Waals surface area contributed by atoms with Gasteiger partial charge in [0, 0.05) is 11.6 Å². The molecule has 0 atom stereocenters. The molecule has 0 bridgehead atoms. The molecule has 4 heteroatoms. The van der Waals surface area contributed by atoms with Crippen LogP contribution in [-0.2, 0) is 0 Å². The van der Waals surface area contributed by atoms with Gasteiger partial charge < -0.3 is 9.94 Å². The van der Waals surface area contributed by atoms with Gasteiger partial charge in [0.25, 0.3) is 0 Å². The zero-order valence-corrected chi connectivity index (χ0v) is 7.20. The van der Waals surface area contributed by atoms with E-state index in [1.165, 1.54) is 12.1 Å². The van der Waals surface area contributed by atoms with Crippen LogP contribution in [0.25, 0.3) is 0 Å². The van der Waals surface area contributed by atoms with E-state index in [-0.39, 0.29) is 5.56 Å². The number of hydrogen-bond acceptors (Lipinski definition) is 3. The summed E-state index contributed by atoms with van der Waals surface area (Å²) in [4.78, 5) is 0. The standard InChI is InChI=1S/C9H10FNO2/c1-2-13-8-4-3-7(6-11-12)9(10)5-8/h3-6,12H,2H2,1H3/b11-6-. The van der Waals surface area contributed by atoms with Crippen LogP contribution in [0.3, 0.4) is 0 Å². The summed E-state index contributed by atoms with van der Waals surface area (Å²) in [7, 11) is 0. The van der Waals surface area contributed by atoms with E-state index in [9.17, 15) is 4.39 Å². The fourth-order valence-corrected chi connectivity index (χ4v) is 0.931. The van der Waals surface area contributed by atoms with Gasteiger partial charge in [-0.15, -0.1) is 0 Å². The maximum atomic E-state index is 13.1. The van der Waals surface area contributed by atoms with Gasteiger partial charge in [0.15, 0.2) is 0 Å². The molecule has 0 aliphatic carbocycles. The molecule has 0 aliphatic rings. The summed E-state index contributed by atoms with van der Waals surface area (Å²) in [6, 6.07) is 4.35. The van der Waals surface area contributed by atoms with Gasteiger partial charge in [0.2, 0.25) is 0 Å². The monoisotopic (exact) mass is 183 g/mol. The van der Waals surface area contributed by atoms with Crippen LogP contribution in [0.1, 0.15) is 12.5 Å². The van der Waals surface area contributed by atoms with E-state index in [0.717, 1.165) is 6.21 Å². The molecule has 0 saturated carbocycles. The molecule has 0 saturated heterocycles.